The highest BCUT2D eigenvalue weighted by Gasteiger charge is 2.49. The number of carbonyl (C=O) groups is 1. The molecule has 0 aliphatic heterocycles. The molecule has 0 saturated heterocycles. The van der Waals surface area contributed by atoms with Gasteiger partial charge >= 0.3 is 12.3 Å². The fourth-order valence-corrected chi connectivity index (χ4v) is 2.58. The van der Waals surface area contributed by atoms with Crippen molar-refractivity contribution >= 4 is 11.7 Å². The fraction of sp³-hybridized carbons (Fsp3) is 0.650. The average molecular weight is 461 g/mol. The number of rotatable bonds is 8. The first-order chi connectivity index (χ1) is 14.6. The Balaban J connectivity index is 2.32. The molecule has 0 fully saturated rings. The molecule has 0 bridgehead atoms. The van der Waals surface area contributed by atoms with Crippen LogP contribution in [0.4, 0.5) is 18.0 Å². The smallest absolute Gasteiger partial charge is 0.416 e. The van der Waals surface area contributed by atoms with E-state index < -0.39 is 42.2 Å². The number of amides is 1. The van der Waals surface area contributed by atoms with Crippen molar-refractivity contribution in [3.8, 4) is 0 Å². The summed E-state index contributed by atoms with van der Waals surface area (Å²) >= 11 is 0. The van der Waals surface area contributed by atoms with Gasteiger partial charge in [-0.05, 0) is 46.2 Å². The van der Waals surface area contributed by atoms with Crippen LogP contribution in [0.25, 0.3) is 5.65 Å². The van der Waals surface area contributed by atoms with Crippen molar-refractivity contribution < 1.29 is 32.2 Å². The van der Waals surface area contributed by atoms with Crippen molar-refractivity contribution in [2.24, 2.45) is 5.73 Å². The first kappa shape index (κ1) is 25.8. The van der Waals surface area contributed by atoms with Crippen LogP contribution in [0.1, 0.15) is 58.0 Å². The number of hydrogen-bond donors (Lipinski definition) is 2. The summed E-state index contributed by atoms with van der Waals surface area (Å²) in [5.74, 6) is 0. The normalized spacial score (nSPS) is 14.9. The standard InChI is InChI=1S/C20H30F3N5O4/c1-18(2,3)32-17(29)27-15(11-31-19(4,5)20(21,22)23)14-9-28-16(26-14)7-12(8-25-28)13(24)10-30-6/h7-9,13,15H,10-11,24H2,1-6H3,(H,27,29)/t13?,15-/m0/s1. The molecule has 0 spiro atoms. The Morgan fingerprint density at radius 2 is 1.88 bits per heavy atom. The lowest BCUT2D eigenvalue weighted by atomic mass is 10.1. The highest BCUT2D eigenvalue weighted by Crippen LogP contribution is 2.33. The molecule has 12 heteroatoms. The van der Waals surface area contributed by atoms with E-state index >= 15 is 0 Å². The number of fused-ring (bicyclic) bond motifs is 1. The van der Waals surface area contributed by atoms with Gasteiger partial charge in [-0.25, -0.2) is 14.3 Å². The Bertz CT molecular complexity index is 924. The van der Waals surface area contributed by atoms with Crippen LogP contribution >= 0.6 is 0 Å². The Labute approximate surface area is 184 Å². The molecule has 32 heavy (non-hydrogen) atoms. The van der Waals surface area contributed by atoms with Gasteiger partial charge in [0, 0.05) is 7.11 Å². The molecule has 2 atom stereocenters. The average Bonchev–Trinajstić information content (AvgIpc) is 3.06. The Kier molecular flexibility index (Phi) is 7.74. The topological polar surface area (TPSA) is 113 Å². The van der Waals surface area contributed by atoms with E-state index in [-0.39, 0.29) is 12.3 Å². The van der Waals surface area contributed by atoms with E-state index in [0.29, 0.717) is 11.2 Å². The monoisotopic (exact) mass is 461 g/mol. The van der Waals surface area contributed by atoms with E-state index in [4.69, 9.17) is 19.9 Å². The molecule has 2 rings (SSSR count). The molecule has 9 nitrogen and oxygen atoms in total. The third-order valence-corrected chi connectivity index (χ3v) is 4.48. The highest BCUT2D eigenvalue weighted by atomic mass is 19.4. The predicted octanol–water partition coefficient (Wildman–Crippen LogP) is 3.30. The predicted molar refractivity (Wildman–Crippen MR) is 110 cm³/mol. The molecule has 0 radical (unpaired) electrons. The van der Waals surface area contributed by atoms with E-state index in [1.54, 1.807) is 33.0 Å². The molecule has 2 aromatic heterocycles. The second-order valence-electron chi connectivity index (χ2n) is 8.84. The van der Waals surface area contributed by atoms with E-state index in [1.807, 2.05) is 0 Å². The highest BCUT2D eigenvalue weighted by molar-refractivity contribution is 5.68. The number of carbonyl (C=O) groups excluding carboxylic acids is 1. The number of nitrogens with zero attached hydrogens (tertiary/aromatic N) is 3. The minimum atomic E-state index is -4.60. The zero-order valence-corrected chi connectivity index (χ0v) is 19.0. The van der Waals surface area contributed by atoms with Crippen molar-refractivity contribution in [1.29, 1.82) is 0 Å². The van der Waals surface area contributed by atoms with Crippen molar-refractivity contribution in [3.63, 3.8) is 0 Å². The molecular weight excluding hydrogens is 431 g/mol. The van der Waals surface area contributed by atoms with Crippen LogP contribution in [0.5, 0.6) is 0 Å². The SMILES string of the molecule is COCC(N)c1cnn2cc([C@H](COC(C)(C)C(F)(F)F)NC(=O)OC(C)(C)C)nc2c1. The number of halogens is 3. The maximum absolute atomic E-state index is 13.2. The largest absolute Gasteiger partial charge is 0.444 e. The molecule has 1 unspecified atom stereocenters. The van der Waals surface area contributed by atoms with E-state index in [0.717, 1.165) is 13.8 Å². The molecule has 0 aliphatic rings. The summed E-state index contributed by atoms with van der Waals surface area (Å²) in [7, 11) is 1.52. The van der Waals surface area contributed by atoms with Gasteiger partial charge in [0.2, 0.25) is 0 Å². The summed E-state index contributed by atoms with van der Waals surface area (Å²) in [6.07, 6.45) is -2.38. The molecule has 0 aromatic carbocycles. The number of ether oxygens (including phenoxy) is 3. The lowest BCUT2D eigenvalue weighted by Gasteiger charge is -2.30. The van der Waals surface area contributed by atoms with Crippen LogP contribution in [0.3, 0.4) is 0 Å². The number of imidazole rings is 1. The fourth-order valence-electron chi connectivity index (χ4n) is 2.58. The van der Waals surface area contributed by atoms with Crippen molar-refractivity contribution in [3.05, 3.63) is 29.7 Å². The van der Waals surface area contributed by atoms with E-state index in [1.165, 1.54) is 17.8 Å². The maximum Gasteiger partial charge on any atom is 0.416 e. The number of alkyl halides is 3. The number of alkyl carbamates (subject to hydrolysis) is 1. The van der Waals surface area contributed by atoms with Crippen LogP contribution in [0, 0.1) is 0 Å². The summed E-state index contributed by atoms with van der Waals surface area (Å²) in [6.45, 7) is 6.61. The number of nitrogens with two attached hydrogens (primary N) is 1. The molecule has 1 amide bonds. The van der Waals surface area contributed by atoms with Gasteiger partial charge in [0.25, 0.3) is 0 Å². The lowest BCUT2D eigenvalue weighted by Crippen LogP contribution is -2.44. The second kappa shape index (κ2) is 9.59. The van der Waals surface area contributed by atoms with Gasteiger partial charge in [-0.15, -0.1) is 0 Å². The van der Waals surface area contributed by atoms with Crippen molar-refractivity contribution in [2.45, 2.75) is 64.1 Å². The first-order valence-electron chi connectivity index (χ1n) is 9.93. The second-order valence-corrected chi connectivity index (χ2v) is 8.84. The summed E-state index contributed by atoms with van der Waals surface area (Å²) in [4.78, 5) is 16.7. The molecule has 3 N–H and O–H groups in total. The van der Waals surface area contributed by atoms with Crippen LogP contribution in [0.2, 0.25) is 0 Å². The Hall–Kier alpha value is -2.44. The van der Waals surface area contributed by atoms with Crippen LogP contribution in [-0.4, -0.2) is 58.4 Å². The summed E-state index contributed by atoms with van der Waals surface area (Å²) in [5.41, 5.74) is 4.11. The summed E-state index contributed by atoms with van der Waals surface area (Å²) in [6, 6.07) is 0.235. The van der Waals surface area contributed by atoms with Crippen molar-refractivity contribution in [1.82, 2.24) is 19.9 Å². The third-order valence-electron chi connectivity index (χ3n) is 4.48. The third kappa shape index (κ3) is 6.78. The maximum atomic E-state index is 13.2. The van der Waals surface area contributed by atoms with Crippen LogP contribution < -0.4 is 11.1 Å². The number of aromatic nitrogens is 3. The lowest BCUT2D eigenvalue weighted by molar-refractivity contribution is -0.265. The summed E-state index contributed by atoms with van der Waals surface area (Å²) in [5, 5.41) is 6.76. The van der Waals surface area contributed by atoms with Gasteiger partial charge in [-0.2, -0.15) is 18.3 Å². The van der Waals surface area contributed by atoms with Gasteiger partial charge in [0.1, 0.15) is 5.60 Å². The van der Waals surface area contributed by atoms with Crippen LogP contribution in [0.15, 0.2) is 18.5 Å². The van der Waals surface area contributed by atoms with Crippen LogP contribution in [-0.2, 0) is 14.2 Å². The molecule has 0 saturated carbocycles. The van der Waals surface area contributed by atoms with Gasteiger partial charge < -0.3 is 25.3 Å². The van der Waals surface area contributed by atoms with Crippen molar-refractivity contribution in [2.75, 3.05) is 20.3 Å². The number of hydrogen-bond acceptors (Lipinski definition) is 7. The molecular formula is C20H30F3N5O4. The molecule has 180 valence electrons. The minimum absolute atomic E-state index is 0.249. The summed E-state index contributed by atoms with van der Waals surface area (Å²) < 4.78 is 56.5. The molecule has 2 aromatic rings. The Morgan fingerprint density at radius 1 is 1.22 bits per heavy atom. The van der Waals surface area contributed by atoms with Gasteiger partial charge in [-0.1, -0.05) is 0 Å². The number of methoxy groups -OCH3 is 1. The number of nitrogens with one attached hydrogen (secondary N) is 1. The zero-order valence-electron chi connectivity index (χ0n) is 19.0. The quantitative estimate of drug-likeness (QED) is 0.620. The molecule has 0 aliphatic carbocycles. The van der Waals surface area contributed by atoms with Gasteiger partial charge in [-0.3, -0.25) is 0 Å². The van der Waals surface area contributed by atoms with Gasteiger partial charge in [0.05, 0.1) is 43.4 Å². The van der Waals surface area contributed by atoms with E-state index in [2.05, 4.69) is 15.4 Å². The zero-order chi connectivity index (χ0) is 24.3. The first-order valence-corrected chi connectivity index (χ1v) is 9.93. The van der Waals surface area contributed by atoms with Gasteiger partial charge in [0.15, 0.2) is 11.2 Å². The Morgan fingerprint density at radius 3 is 2.44 bits per heavy atom. The molecule has 2 heterocycles. The van der Waals surface area contributed by atoms with E-state index in [9.17, 15) is 18.0 Å². The minimum Gasteiger partial charge on any atom is -0.444 e.